The molecule has 88 valence electrons. The van der Waals surface area contributed by atoms with Crippen LogP contribution in [0.1, 0.15) is 5.56 Å². The lowest BCUT2D eigenvalue weighted by atomic mass is 10.2. The molecular formula is C12H13BrN4. The minimum absolute atomic E-state index is 0.644. The first-order valence-corrected chi connectivity index (χ1v) is 6.09. The van der Waals surface area contributed by atoms with E-state index in [2.05, 4.69) is 31.2 Å². The number of hydrogen-bond acceptors (Lipinski definition) is 4. The largest absolute Gasteiger partial charge is 0.396 e. The lowest BCUT2D eigenvalue weighted by Crippen LogP contribution is -2.08. The van der Waals surface area contributed by atoms with Crippen LogP contribution in [0, 0.1) is 0 Å². The standard InChI is InChI=1S/C12H13BrN4/c13-10-6-11(14)12(17-8-10)16-5-3-9-2-1-4-15-7-9/h1-2,4,6-8H,3,5,14H2,(H,16,17). The summed E-state index contributed by atoms with van der Waals surface area (Å²) in [4.78, 5) is 8.28. The molecule has 0 saturated carbocycles. The van der Waals surface area contributed by atoms with Crippen LogP contribution < -0.4 is 11.1 Å². The van der Waals surface area contributed by atoms with E-state index in [4.69, 9.17) is 5.73 Å². The van der Waals surface area contributed by atoms with Crippen molar-refractivity contribution >= 4 is 27.4 Å². The van der Waals surface area contributed by atoms with Gasteiger partial charge < -0.3 is 11.1 Å². The van der Waals surface area contributed by atoms with Gasteiger partial charge in [0.05, 0.1) is 5.69 Å². The molecule has 0 aliphatic carbocycles. The molecule has 2 aromatic rings. The third-order valence-electron chi connectivity index (χ3n) is 2.31. The maximum atomic E-state index is 5.83. The van der Waals surface area contributed by atoms with Crippen LogP contribution >= 0.6 is 15.9 Å². The first-order valence-electron chi connectivity index (χ1n) is 5.29. The monoisotopic (exact) mass is 292 g/mol. The number of nitrogens with one attached hydrogen (secondary N) is 1. The van der Waals surface area contributed by atoms with Crippen molar-refractivity contribution in [1.82, 2.24) is 9.97 Å². The summed E-state index contributed by atoms with van der Waals surface area (Å²) in [6, 6.07) is 5.81. The first kappa shape index (κ1) is 11.9. The average Bonchev–Trinajstić information content (AvgIpc) is 2.33. The number of pyridine rings is 2. The van der Waals surface area contributed by atoms with Gasteiger partial charge in [-0.25, -0.2) is 4.98 Å². The number of nitrogens with zero attached hydrogens (tertiary/aromatic N) is 2. The smallest absolute Gasteiger partial charge is 0.149 e. The number of rotatable bonds is 4. The van der Waals surface area contributed by atoms with Gasteiger partial charge in [0.15, 0.2) is 0 Å². The molecule has 0 amide bonds. The molecule has 0 saturated heterocycles. The second kappa shape index (κ2) is 5.63. The highest BCUT2D eigenvalue weighted by molar-refractivity contribution is 9.10. The molecular weight excluding hydrogens is 280 g/mol. The summed E-state index contributed by atoms with van der Waals surface area (Å²) in [7, 11) is 0. The van der Waals surface area contributed by atoms with Crippen molar-refractivity contribution in [3.63, 3.8) is 0 Å². The SMILES string of the molecule is Nc1cc(Br)cnc1NCCc1cccnc1. The van der Waals surface area contributed by atoms with Crippen LogP contribution in [0.5, 0.6) is 0 Å². The van der Waals surface area contributed by atoms with Crippen LogP contribution in [0.3, 0.4) is 0 Å². The Bertz CT molecular complexity index is 487. The average molecular weight is 293 g/mol. The molecule has 0 fully saturated rings. The number of nitrogen functional groups attached to an aromatic ring is 1. The van der Waals surface area contributed by atoms with E-state index in [0.717, 1.165) is 23.3 Å². The Morgan fingerprint density at radius 1 is 1.35 bits per heavy atom. The van der Waals surface area contributed by atoms with E-state index in [1.165, 1.54) is 5.56 Å². The van der Waals surface area contributed by atoms with Gasteiger partial charge in [-0.1, -0.05) is 6.07 Å². The number of halogens is 1. The Balaban J connectivity index is 1.90. The molecule has 0 atom stereocenters. The minimum Gasteiger partial charge on any atom is -0.396 e. The Hall–Kier alpha value is -1.62. The molecule has 17 heavy (non-hydrogen) atoms. The van der Waals surface area contributed by atoms with Crippen molar-refractivity contribution in [2.75, 3.05) is 17.6 Å². The summed E-state index contributed by atoms with van der Waals surface area (Å²) in [5.74, 6) is 0.720. The molecule has 0 aromatic carbocycles. The van der Waals surface area contributed by atoms with E-state index in [1.807, 2.05) is 24.4 Å². The summed E-state index contributed by atoms with van der Waals surface area (Å²) < 4.78 is 0.882. The maximum Gasteiger partial charge on any atom is 0.149 e. The fraction of sp³-hybridized carbons (Fsp3) is 0.167. The molecule has 2 heterocycles. The fourth-order valence-corrected chi connectivity index (χ4v) is 1.82. The summed E-state index contributed by atoms with van der Waals surface area (Å²) >= 11 is 3.32. The summed E-state index contributed by atoms with van der Waals surface area (Å²) in [6.45, 7) is 0.782. The highest BCUT2D eigenvalue weighted by Gasteiger charge is 2.00. The van der Waals surface area contributed by atoms with E-state index < -0.39 is 0 Å². The number of hydrogen-bond donors (Lipinski definition) is 2. The Morgan fingerprint density at radius 2 is 2.24 bits per heavy atom. The van der Waals surface area contributed by atoms with Crippen LogP contribution in [0.25, 0.3) is 0 Å². The molecule has 0 aliphatic heterocycles. The van der Waals surface area contributed by atoms with E-state index in [0.29, 0.717) is 5.69 Å². The Morgan fingerprint density at radius 3 is 2.94 bits per heavy atom. The third-order valence-corrected chi connectivity index (χ3v) is 2.75. The highest BCUT2D eigenvalue weighted by Crippen LogP contribution is 2.19. The maximum absolute atomic E-state index is 5.83. The summed E-state index contributed by atoms with van der Waals surface area (Å²) in [5.41, 5.74) is 7.67. The second-order valence-electron chi connectivity index (χ2n) is 3.63. The van der Waals surface area contributed by atoms with Gasteiger partial charge >= 0.3 is 0 Å². The van der Waals surface area contributed by atoms with Gasteiger partial charge in [0, 0.05) is 29.6 Å². The Labute approximate surface area is 108 Å². The summed E-state index contributed by atoms with van der Waals surface area (Å²) in [5, 5.41) is 3.20. The molecule has 0 unspecified atom stereocenters. The van der Waals surface area contributed by atoms with Crippen molar-refractivity contribution < 1.29 is 0 Å². The van der Waals surface area contributed by atoms with Crippen molar-refractivity contribution in [3.8, 4) is 0 Å². The predicted molar refractivity (Wildman–Crippen MR) is 72.8 cm³/mol. The molecule has 2 rings (SSSR count). The van der Waals surface area contributed by atoms with Crippen LogP contribution in [0.15, 0.2) is 41.3 Å². The van der Waals surface area contributed by atoms with E-state index in [-0.39, 0.29) is 0 Å². The molecule has 0 aliphatic rings. The van der Waals surface area contributed by atoms with Crippen LogP contribution in [0.4, 0.5) is 11.5 Å². The minimum atomic E-state index is 0.644. The molecule has 0 radical (unpaired) electrons. The zero-order chi connectivity index (χ0) is 12.1. The molecule has 3 N–H and O–H groups in total. The van der Waals surface area contributed by atoms with Gasteiger partial charge in [-0.2, -0.15) is 0 Å². The molecule has 2 aromatic heterocycles. The molecule has 5 heteroatoms. The molecule has 0 bridgehead atoms. The van der Waals surface area contributed by atoms with Gasteiger partial charge in [-0.3, -0.25) is 4.98 Å². The van der Waals surface area contributed by atoms with Crippen LogP contribution in [-0.2, 0) is 6.42 Å². The van der Waals surface area contributed by atoms with Crippen molar-refractivity contribution in [1.29, 1.82) is 0 Å². The van der Waals surface area contributed by atoms with E-state index >= 15 is 0 Å². The quantitative estimate of drug-likeness (QED) is 0.909. The Kier molecular flexibility index (Phi) is 3.93. The van der Waals surface area contributed by atoms with Gasteiger partial charge in [-0.15, -0.1) is 0 Å². The van der Waals surface area contributed by atoms with E-state index in [9.17, 15) is 0 Å². The van der Waals surface area contributed by atoms with Gasteiger partial charge in [0.1, 0.15) is 5.82 Å². The lowest BCUT2D eigenvalue weighted by Gasteiger charge is -2.08. The fourth-order valence-electron chi connectivity index (χ4n) is 1.47. The first-order chi connectivity index (χ1) is 8.25. The highest BCUT2D eigenvalue weighted by atomic mass is 79.9. The van der Waals surface area contributed by atoms with Crippen molar-refractivity contribution in [2.45, 2.75) is 6.42 Å². The number of aromatic nitrogens is 2. The van der Waals surface area contributed by atoms with Gasteiger partial charge in [-0.05, 0) is 40.0 Å². The van der Waals surface area contributed by atoms with E-state index in [1.54, 1.807) is 12.4 Å². The van der Waals surface area contributed by atoms with Crippen molar-refractivity contribution in [2.24, 2.45) is 0 Å². The molecule has 4 nitrogen and oxygen atoms in total. The molecule has 0 spiro atoms. The number of anilines is 2. The third kappa shape index (κ3) is 3.42. The van der Waals surface area contributed by atoms with Crippen molar-refractivity contribution in [3.05, 3.63) is 46.8 Å². The normalized spacial score (nSPS) is 10.2. The van der Waals surface area contributed by atoms with Gasteiger partial charge in [0.25, 0.3) is 0 Å². The summed E-state index contributed by atoms with van der Waals surface area (Å²) in [6.07, 6.45) is 6.25. The van der Waals surface area contributed by atoms with Gasteiger partial charge in [0.2, 0.25) is 0 Å². The van der Waals surface area contributed by atoms with Crippen LogP contribution in [-0.4, -0.2) is 16.5 Å². The van der Waals surface area contributed by atoms with Crippen LogP contribution in [0.2, 0.25) is 0 Å². The predicted octanol–water partition coefficient (Wildman–Crippen LogP) is 2.48. The second-order valence-corrected chi connectivity index (χ2v) is 4.55. The lowest BCUT2D eigenvalue weighted by molar-refractivity contribution is 0.994. The zero-order valence-electron chi connectivity index (χ0n) is 9.23. The topological polar surface area (TPSA) is 63.8 Å². The zero-order valence-corrected chi connectivity index (χ0v) is 10.8. The number of nitrogens with two attached hydrogens (primary N) is 1.